The molecule has 0 saturated heterocycles. The molecule has 1 rings (SSSR count). The molecule has 0 nitrogen and oxygen atoms in total. The zero-order valence-electron chi connectivity index (χ0n) is 12.2. The Bertz CT molecular complexity index is 323. The molecule has 1 aromatic carbocycles. The van der Waals surface area contributed by atoms with Crippen LogP contribution in [0, 0.1) is 13.8 Å². The van der Waals surface area contributed by atoms with Gasteiger partial charge >= 0.3 is 0 Å². The molecule has 0 aromatic heterocycles. The summed E-state index contributed by atoms with van der Waals surface area (Å²) in [6, 6.07) is 4.76. The molecule has 0 heterocycles. The third kappa shape index (κ3) is 5.27. The van der Waals surface area contributed by atoms with Gasteiger partial charge in [0.05, 0.1) is 0 Å². The standard InChI is InChI=1S/C16H26S2/c1-5-7-9-17-15-11-14(4)16(12-13(15)3)18-10-8-6-2/h11-12H,5-10H2,1-4H3. The second-order valence-electron chi connectivity index (χ2n) is 4.79. The molecule has 0 spiro atoms. The molecule has 0 bridgehead atoms. The van der Waals surface area contributed by atoms with Crippen molar-refractivity contribution in [1.82, 2.24) is 0 Å². The third-order valence-corrected chi connectivity index (χ3v) is 5.47. The maximum Gasteiger partial charge on any atom is 0.0105 e. The molecule has 0 atom stereocenters. The van der Waals surface area contributed by atoms with Crippen molar-refractivity contribution in [2.45, 2.75) is 63.2 Å². The minimum Gasteiger partial charge on any atom is -0.126 e. The van der Waals surface area contributed by atoms with Gasteiger partial charge in [-0.3, -0.25) is 0 Å². The first kappa shape index (κ1) is 16.0. The molecule has 0 radical (unpaired) electrons. The van der Waals surface area contributed by atoms with Gasteiger partial charge in [0.15, 0.2) is 0 Å². The highest BCUT2D eigenvalue weighted by molar-refractivity contribution is 7.99. The van der Waals surface area contributed by atoms with Gasteiger partial charge in [-0.1, -0.05) is 26.7 Å². The monoisotopic (exact) mass is 282 g/mol. The van der Waals surface area contributed by atoms with Gasteiger partial charge in [0, 0.05) is 9.79 Å². The van der Waals surface area contributed by atoms with E-state index in [1.807, 2.05) is 23.5 Å². The fourth-order valence-corrected chi connectivity index (χ4v) is 4.13. The Kier molecular flexibility index (Phi) is 7.92. The summed E-state index contributed by atoms with van der Waals surface area (Å²) >= 11 is 4.03. The normalized spacial score (nSPS) is 10.9. The van der Waals surface area contributed by atoms with E-state index in [1.165, 1.54) is 58.1 Å². The number of aryl methyl sites for hydroxylation is 2. The number of rotatable bonds is 8. The first-order valence-electron chi connectivity index (χ1n) is 7.05. The molecule has 2 heteroatoms. The van der Waals surface area contributed by atoms with Gasteiger partial charge < -0.3 is 0 Å². The molecule has 0 unspecified atom stereocenters. The van der Waals surface area contributed by atoms with Crippen LogP contribution in [0.1, 0.15) is 50.7 Å². The molecular weight excluding hydrogens is 256 g/mol. The van der Waals surface area contributed by atoms with Crippen molar-refractivity contribution in [1.29, 1.82) is 0 Å². The van der Waals surface area contributed by atoms with Gasteiger partial charge in [0.1, 0.15) is 0 Å². The number of thioether (sulfide) groups is 2. The van der Waals surface area contributed by atoms with Gasteiger partial charge in [-0.15, -0.1) is 23.5 Å². The topological polar surface area (TPSA) is 0 Å². The zero-order valence-corrected chi connectivity index (χ0v) is 13.8. The quantitative estimate of drug-likeness (QED) is 0.418. The van der Waals surface area contributed by atoms with Crippen molar-refractivity contribution in [3.8, 4) is 0 Å². The number of unbranched alkanes of at least 4 members (excludes halogenated alkanes) is 2. The first-order valence-corrected chi connectivity index (χ1v) is 9.03. The Hall–Kier alpha value is -0.0800. The molecule has 18 heavy (non-hydrogen) atoms. The van der Waals surface area contributed by atoms with Gasteiger partial charge in [-0.05, 0) is 61.5 Å². The summed E-state index contributed by atoms with van der Waals surface area (Å²) < 4.78 is 0. The Labute approximate surface area is 121 Å². The summed E-state index contributed by atoms with van der Waals surface area (Å²) in [6.07, 6.45) is 5.21. The molecule has 1 aromatic rings. The molecule has 0 saturated carbocycles. The Morgan fingerprint density at radius 1 is 0.778 bits per heavy atom. The zero-order chi connectivity index (χ0) is 13.4. The predicted octanol–water partition coefficient (Wildman–Crippen LogP) is 6.09. The van der Waals surface area contributed by atoms with E-state index in [0.29, 0.717) is 0 Å². The lowest BCUT2D eigenvalue weighted by atomic mass is 10.2. The maximum atomic E-state index is 2.38. The van der Waals surface area contributed by atoms with Gasteiger partial charge in [0.2, 0.25) is 0 Å². The largest absolute Gasteiger partial charge is 0.126 e. The Morgan fingerprint density at radius 3 is 1.50 bits per heavy atom. The van der Waals surface area contributed by atoms with E-state index in [-0.39, 0.29) is 0 Å². The van der Waals surface area contributed by atoms with Crippen LogP contribution in [-0.2, 0) is 0 Å². The van der Waals surface area contributed by atoms with Crippen LogP contribution in [0.2, 0.25) is 0 Å². The molecule has 0 amide bonds. The minimum atomic E-state index is 1.25. The molecular formula is C16H26S2. The first-order chi connectivity index (χ1) is 8.69. The Morgan fingerprint density at radius 2 is 1.17 bits per heavy atom. The maximum absolute atomic E-state index is 2.38. The van der Waals surface area contributed by atoms with Crippen LogP contribution >= 0.6 is 23.5 Å². The summed E-state index contributed by atoms with van der Waals surface area (Å²) in [7, 11) is 0. The van der Waals surface area contributed by atoms with Crippen LogP contribution in [0.5, 0.6) is 0 Å². The number of hydrogen-bond donors (Lipinski definition) is 0. The van der Waals surface area contributed by atoms with Crippen LogP contribution in [-0.4, -0.2) is 11.5 Å². The van der Waals surface area contributed by atoms with Crippen LogP contribution in [0.25, 0.3) is 0 Å². The number of benzene rings is 1. The second-order valence-corrected chi connectivity index (χ2v) is 7.06. The highest BCUT2D eigenvalue weighted by Crippen LogP contribution is 2.31. The third-order valence-electron chi connectivity index (χ3n) is 2.98. The second kappa shape index (κ2) is 8.92. The average Bonchev–Trinajstić information content (AvgIpc) is 2.35. The molecule has 0 N–H and O–H groups in total. The van der Waals surface area contributed by atoms with Crippen molar-refractivity contribution in [3.05, 3.63) is 23.3 Å². The van der Waals surface area contributed by atoms with Crippen molar-refractivity contribution in [2.75, 3.05) is 11.5 Å². The van der Waals surface area contributed by atoms with E-state index < -0.39 is 0 Å². The average molecular weight is 283 g/mol. The van der Waals surface area contributed by atoms with E-state index in [1.54, 1.807) is 0 Å². The fourth-order valence-electron chi connectivity index (χ4n) is 1.73. The van der Waals surface area contributed by atoms with E-state index in [2.05, 4.69) is 39.8 Å². The van der Waals surface area contributed by atoms with Crippen LogP contribution in [0.4, 0.5) is 0 Å². The van der Waals surface area contributed by atoms with Crippen LogP contribution in [0.3, 0.4) is 0 Å². The van der Waals surface area contributed by atoms with E-state index in [9.17, 15) is 0 Å². The van der Waals surface area contributed by atoms with Crippen molar-refractivity contribution in [2.24, 2.45) is 0 Å². The van der Waals surface area contributed by atoms with Crippen molar-refractivity contribution in [3.63, 3.8) is 0 Å². The highest BCUT2D eigenvalue weighted by atomic mass is 32.2. The van der Waals surface area contributed by atoms with E-state index >= 15 is 0 Å². The summed E-state index contributed by atoms with van der Waals surface area (Å²) in [5.41, 5.74) is 2.89. The lowest BCUT2D eigenvalue weighted by Gasteiger charge is -2.11. The molecule has 0 aliphatic rings. The predicted molar refractivity (Wildman–Crippen MR) is 87.2 cm³/mol. The molecule has 0 aliphatic carbocycles. The van der Waals surface area contributed by atoms with E-state index in [4.69, 9.17) is 0 Å². The van der Waals surface area contributed by atoms with Crippen LogP contribution in [0.15, 0.2) is 21.9 Å². The van der Waals surface area contributed by atoms with Gasteiger partial charge in [0.25, 0.3) is 0 Å². The smallest absolute Gasteiger partial charge is 0.0105 e. The highest BCUT2D eigenvalue weighted by Gasteiger charge is 2.05. The van der Waals surface area contributed by atoms with Gasteiger partial charge in [-0.2, -0.15) is 0 Å². The Balaban J connectivity index is 2.64. The van der Waals surface area contributed by atoms with Gasteiger partial charge in [-0.25, -0.2) is 0 Å². The SMILES string of the molecule is CCCCSc1cc(C)c(SCCCC)cc1C. The summed E-state index contributed by atoms with van der Waals surface area (Å²) in [4.78, 5) is 2.95. The summed E-state index contributed by atoms with van der Waals surface area (Å²) in [5, 5.41) is 0. The molecule has 0 fully saturated rings. The molecule has 0 aliphatic heterocycles. The lowest BCUT2D eigenvalue weighted by Crippen LogP contribution is -1.89. The molecule has 102 valence electrons. The fraction of sp³-hybridized carbons (Fsp3) is 0.625. The summed E-state index contributed by atoms with van der Waals surface area (Å²) in [5.74, 6) is 2.50. The van der Waals surface area contributed by atoms with E-state index in [0.717, 1.165) is 0 Å². The van der Waals surface area contributed by atoms with Crippen molar-refractivity contribution >= 4 is 23.5 Å². The lowest BCUT2D eigenvalue weighted by molar-refractivity contribution is 0.895. The minimum absolute atomic E-state index is 1.25. The summed E-state index contributed by atoms with van der Waals surface area (Å²) in [6.45, 7) is 9.01. The van der Waals surface area contributed by atoms with Crippen molar-refractivity contribution < 1.29 is 0 Å². The van der Waals surface area contributed by atoms with Crippen LogP contribution < -0.4 is 0 Å². The number of hydrogen-bond acceptors (Lipinski definition) is 2.